The lowest BCUT2D eigenvalue weighted by molar-refractivity contribution is 0.219. The Morgan fingerprint density at radius 2 is 1.49 bits per heavy atom. The van der Waals surface area contributed by atoms with E-state index in [0.717, 1.165) is 64.8 Å². The standard InChI is InChI=1S/C38H41BrN2O6/c1-40-14-12-24-19-25(21-42)32-20-28(24)29(40)16-22-6-9-26(10-7-22)46-33-18-23(8-11-31(33)43-3)17-30-34-27(13-15-41(30)2)35(39)37(44-4)38(45-5)36(34)47-32/h6-11,18-20,29-30,42H,12-17,21H2,1-5H3/t29-,30-/m0/s1. The van der Waals surface area contributed by atoms with Crippen molar-refractivity contribution >= 4 is 15.9 Å². The number of rotatable bonds is 4. The van der Waals surface area contributed by atoms with Gasteiger partial charge >= 0.3 is 0 Å². The molecule has 2 atom stereocenters. The van der Waals surface area contributed by atoms with E-state index in [1.807, 2.05) is 18.2 Å². The first-order valence-corrected chi connectivity index (χ1v) is 16.9. The molecule has 0 radical (unpaired) electrons. The summed E-state index contributed by atoms with van der Waals surface area (Å²) in [6.45, 7) is 1.64. The maximum absolute atomic E-state index is 10.6. The van der Waals surface area contributed by atoms with Crippen LogP contribution >= 0.6 is 15.9 Å². The molecule has 4 aromatic carbocycles. The van der Waals surface area contributed by atoms with Gasteiger partial charge in [0.15, 0.2) is 23.0 Å². The lowest BCUT2D eigenvalue weighted by atomic mass is 9.86. The van der Waals surface area contributed by atoms with Crippen LogP contribution in [0.4, 0.5) is 0 Å². The van der Waals surface area contributed by atoms with Crippen LogP contribution < -0.4 is 23.7 Å². The zero-order valence-electron chi connectivity index (χ0n) is 27.6. The molecule has 8 rings (SSSR count). The fraction of sp³-hybridized carbons (Fsp3) is 0.368. The van der Waals surface area contributed by atoms with Crippen molar-refractivity contribution in [2.24, 2.45) is 0 Å². The fourth-order valence-electron chi connectivity index (χ4n) is 7.40. The van der Waals surface area contributed by atoms with Crippen LogP contribution in [0.15, 0.2) is 59.1 Å². The Morgan fingerprint density at radius 3 is 2.21 bits per heavy atom. The van der Waals surface area contributed by atoms with Crippen molar-refractivity contribution in [3.05, 3.63) is 98.0 Å². The highest BCUT2D eigenvalue weighted by Crippen LogP contribution is 2.54. The zero-order valence-corrected chi connectivity index (χ0v) is 29.1. The van der Waals surface area contributed by atoms with Crippen LogP contribution in [0.5, 0.6) is 40.2 Å². The highest BCUT2D eigenvalue weighted by atomic mass is 79.9. The lowest BCUT2D eigenvalue weighted by Crippen LogP contribution is -2.34. The SMILES string of the molecule is COc1ccc2cc1Oc1ccc(cc1)C[C@H]1c3cc(c(CO)cc3CCN1C)Oc1c(OC)c(OC)c(Br)c3c1[C@H](C2)N(C)CC3. The Labute approximate surface area is 284 Å². The molecule has 0 amide bonds. The van der Waals surface area contributed by atoms with Gasteiger partial charge in [0.25, 0.3) is 0 Å². The van der Waals surface area contributed by atoms with Crippen LogP contribution in [-0.2, 0) is 32.3 Å². The number of benzene rings is 4. The van der Waals surface area contributed by atoms with Crippen LogP contribution in [0.2, 0.25) is 0 Å². The topological polar surface area (TPSA) is 72.9 Å². The molecule has 0 aliphatic carbocycles. The largest absolute Gasteiger partial charge is 0.493 e. The van der Waals surface area contributed by atoms with Crippen LogP contribution in [0.25, 0.3) is 0 Å². The van der Waals surface area contributed by atoms with Gasteiger partial charge in [-0.1, -0.05) is 18.2 Å². The smallest absolute Gasteiger partial charge is 0.205 e. The first-order valence-electron chi connectivity index (χ1n) is 16.1. The van der Waals surface area contributed by atoms with Crippen molar-refractivity contribution in [3.63, 3.8) is 0 Å². The first-order chi connectivity index (χ1) is 22.8. The minimum atomic E-state index is -0.138. The average Bonchev–Trinajstić information content (AvgIpc) is 3.08. The van der Waals surface area contributed by atoms with E-state index in [1.54, 1.807) is 21.3 Å². The number of halogens is 1. The second-order valence-corrected chi connectivity index (χ2v) is 13.4. The molecule has 0 saturated heterocycles. The molecule has 0 saturated carbocycles. The second-order valence-electron chi connectivity index (χ2n) is 12.7. The quantitative estimate of drug-likeness (QED) is 0.236. The van der Waals surface area contributed by atoms with E-state index in [1.165, 1.54) is 16.7 Å². The maximum Gasteiger partial charge on any atom is 0.205 e. The zero-order chi connectivity index (χ0) is 32.8. The Balaban J connectivity index is 1.49. The van der Waals surface area contributed by atoms with Gasteiger partial charge in [-0.25, -0.2) is 0 Å². The summed E-state index contributed by atoms with van der Waals surface area (Å²) in [5.41, 5.74) is 7.66. The molecule has 0 fully saturated rings. The van der Waals surface area contributed by atoms with E-state index < -0.39 is 0 Å². The summed E-state index contributed by atoms with van der Waals surface area (Å²) in [5.74, 6) is 4.44. The van der Waals surface area contributed by atoms with E-state index >= 15 is 0 Å². The number of fused-ring (bicyclic) bond motifs is 2. The Hall–Kier alpha value is -3.76. The molecular weight excluding hydrogens is 660 g/mol. The van der Waals surface area contributed by atoms with E-state index in [9.17, 15) is 5.11 Å². The number of ether oxygens (including phenoxy) is 5. The van der Waals surface area contributed by atoms with Gasteiger partial charge in [0.2, 0.25) is 5.75 Å². The molecule has 246 valence electrons. The van der Waals surface area contributed by atoms with Crippen LogP contribution in [0.3, 0.4) is 0 Å². The molecular formula is C38H41BrN2O6. The molecule has 4 heterocycles. The predicted molar refractivity (Wildman–Crippen MR) is 185 cm³/mol. The molecule has 47 heavy (non-hydrogen) atoms. The number of aliphatic hydroxyl groups is 1. The summed E-state index contributed by atoms with van der Waals surface area (Å²) < 4.78 is 32.1. The van der Waals surface area contributed by atoms with Gasteiger partial charge in [-0.2, -0.15) is 0 Å². The van der Waals surface area contributed by atoms with Gasteiger partial charge in [-0.3, -0.25) is 9.80 Å². The van der Waals surface area contributed by atoms with Crippen molar-refractivity contribution in [2.75, 3.05) is 48.5 Å². The molecule has 4 aliphatic heterocycles. The highest BCUT2D eigenvalue weighted by molar-refractivity contribution is 9.10. The van der Waals surface area contributed by atoms with Gasteiger partial charge in [-0.15, -0.1) is 0 Å². The molecule has 0 aromatic heterocycles. The summed E-state index contributed by atoms with van der Waals surface area (Å²) in [7, 11) is 9.29. The minimum Gasteiger partial charge on any atom is -0.493 e. The van der Waals surface area contributed by atoms with Crippen molar-refractivity contribution < 1.29 is 28.8 Å². The van der Waals surface area contributed by atoms with Crippen LogP contribution in [0.1, 0.15) is 51.0 Å². The number of likely N-dealkylation sites (N-methyl/N-ethyl adjacent to an activating group) is 2. The molecule has 6 bridgehead atoms. The van der Waals surface area contributed by atoms with Crippen molar-refractivity contribution in [1.82, 2.24) is 9.80 Å². The molecule has 9 heteroatoms. The molecule has 4 aliphatic rings. The Bertz CT molecular complexity index is 1810. The van der Waals surface area contributed by atoms with Gasteiger partial charge in [0.05, 0.1) is 32.4 Å². The summed E-state index contributed by atoms with van der Waals surface area (Å²) in [5, 5.41) is 10.6. The number of hydrogen-bond donors (Lipinski definition) is 1. The van der Waals surface area contributed by atoms with E-state index in [2.05, 4.69) is 76.2 Å². The summed E-state index contributed by atoms with van der Waals surface area (Å²) >= 11 is 3.88. The average molecular weight is 702 g/mol. The summed E-state index contributed by atoms with van der Waals surface area (Å²) in [6, 6.07) is 18.8. The lowest BCUT2D eigenvalue weighted by Gasteiger charge is -2.38. The molecule has 0 unspecified atom stereocenters. The van der Waals surface area contributed by atoms with E-state index in [-0.39, 0.29) is 18.7 Å². The third-order valence-electron chi connectivity index (χ3n) is 10.0. The van der Waals surface area contributed by atoms with E-state index in [0.29, 0.717) is 40.9 Å². The normalized spacial score (nSPS) is 19.1. The second kappa shape index (κ2) is 13.0. The monoisotopic (exact) mass is 700 g/mol. The maximum atomic E-state index is 10.6. The molecule has 1 N–H and O–H groups in total. The van der Waals surface area contributed by atoms with Gasteiger partial charge in [0, 0.05) is 36.3 Å². The number of nitrogens with zero attached hydrogens (tertiary/aromatic N) is 2. The third kappa shape index (κ3) is 5.73. The van der Waals surface area contributed by atoms with Crippen molar-refractivity contribution in [1.29, 1.82) is 0 Å². The summed E-state index contributed by atoms with van der Waals surface area (Å²) in [6.07, 6.45) is 3.21. The number of hydrogen-bond acceptors (Lipinski definition) is 8. The van der Waals surface area contributed by atoms with Crippen molar-refractivity contribution in [2.45, 2.75) is 44.4 Å². The van der Waals surface area contributed by atoms with Crippen LogP contribution in [0, 0.1) is 0 Å². The molecule has 0 spiro atoms. The highest BCUT2D eigenvalue weighted by Gasteiger charge is 2.36. The van der Waals surface area contributed by atoms with Gasteiger partial charge in [-0.05, 0) is 120 Å². The molecule has 8 nitrogen and oxygen atoms in total. The fourth-order valence-corrected chi connectivity index (χ4v) is 8.16. The van der Waals surface area contributed by atoms with Gasteiger partial charge in [0.1, 0.15) is 11.5 Å². The Morgan fingerprint density at radius 1 is 0.787 bits per heavy atom. The number of aliphatic hydroxyl groups excluding tert-OH is 1. The predicted octanol–water partition coefficient (Wildman–Crippen LogP) is 7.41. The minimum absolute atomic E-state index is 0.0571. The van der Waals surface area contributed by atoms with E-state index in [4.69, 9.17) is 23.7 Å². The molecule has 4 aromatic rings. The Kier molecular flexibility index (Phi) is 8.82. The van der Waals surface area contributed by atoms with Crippen LogP contribution in [-0.4, -0.2) is 63.4 Å². The van der Waals surface area contributed by atoms with Crippen molar-refractivity contribution in [3.8, 4) is 40.2 Å². The van der Waals surface area contributed by atoms with Gasteiger partial charge < -0.3 is 28.8 Å². The third-order valence-corrected chi connectivity index (χ3v) is 10.8. The summed E-state index contributed by atoms with van der Waals surface area (Å²) in [4.78, 5) is 4.76. The number of methoxy groups -OCH3 is 3. The first kappa shape index (κ1) is 31.8.